The molecule has 3 N–H and O–H groups in total. The van der Waals surface area contributed by atoms with Gasteiger partial charge in [-0.1, -0.05) is 29.8 Å². The molecule has 132 valence electrons. The van der Waals surface area contributed by atoms with Gasteiger partial charge in [0.25, 0.3) is 5.91 Å². The minimum absolute atomic E-state index is 0.183. The number of carbonyl (C=O) groups excluding carboxylic acids is 1. The van der Waals surface area contributed by atoms with E-state index in [9.17, 15) is 4.79 Å². The van der Waals surface area contributed by atoms with Crippen molar-refractivity contribution in [2.45, 2.75) is 19.4 Å². The van der Waals surface area contributed by atoms with E-state index in [1.807, 2.05) is 6.07 Å². The summed E-state index contributed by atoms with van der Waals surface area (Å²) in [4.78, 5) is 14.9. The highest BCUT2D eigenvalue weighted by Gasteiger charge is 2.23. The Morgan fingerprint density at radius 1 is 1.40 bits per heavy atom. The van der Waals surface area contributed by atoms with Crippen molar-refractivity contribution < 1.29 is 9.53 Å². The van der Waals surface area contributed by atoms with Crippen LogP contribution in [0.3, 0.4) is 0 Å². The molecule has 0 bridgehead atoms. The lowest BCUT2D eigenvalue weighted by atomic mass is 10.1. The van der Waals surface area contributed by atoms with Gasteiger partial charge in [-0.05, 0) is 31.0 Å². The maximum atomic E-state index is 12.5. The minimum atomic E-state index is -0.224. The number of methoxy groups -OCH3 is 1. The predicted molar refractivity (Wildman–Crippen MR) is 102 cm³/mol. The van der Waals surface area contributed by atoms with E-state index < -0.39 is 0 Å². The molecule has 3 rings (SSSR count). The number of halogens is 1. The second-order valence-corrected chi connectivity index (χ2v) is 6.61. The molecule has 1 atom stereocenters. The lowest BCUT2D eigenvalue weighted by molar-refractivity contribution is 0.0948. The number of nitrogen functional groups attached to an aromatic ring is 1. The zero-order valence-corrected chi connectivity index (χ0v) is 15.1. The first kappa shape index (κ1) is 17.4. The summed E-state index contributed by atoms with van der Waals surface area (Å²) in [6.07, 6.45) is 1.04. The van der Waals surface area contributed by atoms with Crippen LogP contribution in [-0.2, 0) is 6.42 Å². The number of benzene rings is 2. The third-order valence-electron chi connectivity index (χ3n) is 4.58. The number of nitrogens with zero attached hydrogens (tertiary/aromatic N) is 1. The number of amides is 1. The first-order valence-corrected chi connectivity index (χ1v) is 8.64. The number of anilines is 2. The van der Waals surface area contributed by atoms with Crippen molar-refractivity contribution in [3.05, 3.63) is 52.5 Å². The molecule has 0 radical (unpaired) electrons. The highest BCUT2D eigenvalue weighted by atomic mass is 35.5. The van der Waals surface area contributed by atoms with Crippen LogP contribution in [0.25, 0.3) is 0 Å². The SMILES string of the molecule is COc1cc(N)c(Cl)cc1C(=O)NCC(C)N1CCc2ccccc21. The number of fused-ring (bicyclic) bond motifs is 1. The number of rotatable bonds is 5. The molecule has 6 heteroatoms. The third kappa shape index (κ3) is 3.51. The molecule has 2 aromatic rings. The van der Waals surface area contributed by atoms with Gasteiger partial charge in [0.1, 0.15) is 5.75 Å². The molecule has 1 aliphatic rings. The Morgan fingerprint density at radius 3 is 2.92 bits per heavy atom. The molecule has 0 saturated carbocycles. The average Bonchev–Trinajstić information content (AvgIpc) is 3.05. The number of hydrogen-bond donors (Lipinski definition) is 2. The zero-order valence-electron chi connectivity index (χ0n) is 14.4. The van der Waals surface area contributed by atoms with Crippen LogP contribution in [0.1, 0.15) is 22.8 Å². The summed E-state index contributed by atoms with van der Waals surface area (Å²) in [5.74, 6) is 0.191. The van der Waals surface area contributed by atoms with Crippen molar-refractivity contribution in [2.24, 2.45) is 0 Å². The van der Waals surface area contributed by atoms with Crippen molar-refractivity contribution >= 4 is 28.9 Å². The standard InChI is InChI=1S/C19H22ClN3O2/c1-12(23-8-7-13-5-3-4-6-17(13)23)11-22-19(24)14-9-15(20)16(21)10-18(14)25-2/h3-6,9-10,12H,7-8,11,21H2,1-2H3,(H,22,24). The van der Waals surface area contributed by atoms with Crippen molar-refractivity contribution in [2.75, 3.05) is 30.8 Å². The van der Waals surface area contributed by atoms with Crippen LogP contribution in [0.2, 0.25) is 5.02 Å². The maximum Gasteiger partial charge on any atom is 0.255 e. The fraction of sp³-hybridized carbons (Fsp3) is 0.316. The summed E-state index contributed by atoms with van der Waals surface area (Å²) in [5.41, 5.74) is 9.14. The van der Waals surface area contributed by atoms with E-state index in [0.29, 0.717) is 28.6 Å². The second-order valence-electron chi connectivity index (χ2n) is 6.21. The molecular weight excluding hydrogens is 338 g/mol. The van der Waals surface area contributed by atoms with Gasteiger partial charge >= 0.3 is 0 Å². The van der Waals surface area contributed by atoms with E-state index >= 15 is 0 Å². The van der Waals surface area contributed by atoms with Gasteiger partial charge in [0.15, 0.2) is 0 Å². The summed E-state index contributed by atoms with van der Waals surface area (Å²) in [6, 6.07) is 11.7. The van der Waals surface area contributed by atoms with Crippen LogP contribution >= 0.6 is 11.6 Å². The van der Waals surface area contributed by atoms with E-state index in [2.05, 4.69) is 35.3 Å². The number of nitrogens with two attached hydrogens (primary N) is 1. The number of hydrogen-bond acceptors (Lipinski definition) is 4. The van der Waals surface area contributed by atoms with Crippen LogP contribution in [0.15, 0.2) is 36.4 Å². The van der Waals surface area contributed by atoms with Gasteiger partial charge < -0.3 is 20.7 Å². The van der Waals surface area contributed by atoms with E-state index in [-0.39, 0.29) is 11.9 Å². The topological polar surface area (TPSA) is 67.6 Å². The van der Waals surface area contributed by atoms with E-state index in [4.69, 9.17) is 22.1 Å². The molecule has 0 aliphatic carbocycles. The molecular formula is C19H22ClN3O2. The van der Waals surface area contributed by atoms with Gasteiger partial charge in [0.2, 0.25) is 0 Å². The highest BCUT2D eigenvalue weighted by Crippen LogP contribution is 2.30. The molecule has 25 heavy (non-hydrogen) atoms. The average molecular weight is 360 g/mol. The molecule has 1 aliphatic heterocycles. The highest BCUT2D eigenvalue weighted by molar-refractivity contribution is 6.33. The fourth-order valence-corrected chi connectivity index (χ4v) is 3.35. The third-order valence-corrected chi connectivity index (χ3v) is 4.90. The van der Waals surface area contributed by atoms with Gasteiger partial charge in [-0.15, -0.1) is 0 Å². The van der Waals surface area contributed by atoms with Gasteiger partial charge in [0, 0.05) is 30.9 Å². The van der Waals surface area contributed by atoms with Crippen molar-refractivity contribution in [3.8, 4) is 5.75 Å². The summed E-state index contributed by atoms with van der Waals surface area (Å²) < 4.78 is 5.25. The Kier molecular flexibility index (Phi) is 5.04. The van der Waals surface area contributed by atoms with Crippen molar-refractivity contribution in [1.29, 1.82) is 0 Å². The lowest BCUT2D eigenvalue weighted by Gasteiger charge is -2.27. The molecule has 1 unspecified atom stereocenters. The van der Waals surface area contributed by atoms with Crippen LogP contribution in [-0.4, -0.2) is 32.1 Å². The number of nitrogens with one attached hydrogen (secondary N) is 1. The Labute approximate surface area is 152 Å². The molecule has 0 saturated heterocycles. The second kappa shape index (κ2) is 7.23. The molecule has 0 fully saturated rings. The smallest absolute Gasteiger partial charge is 0.255 e. The molecule has 1 heterocycles. The number of carbonyl (C=O) groups is 1. The van der Waals surface area contributed by atoms with Crippen molar-refractivity contribution in [1.82, 2.24) is 5.32 Å². The van der Waals surface area contributed by atoms with E-state index in [1.54, 1.807) is 12.1 Å². The molecule has 0 aromatic heterocycles. The van der Waals surface area contributed by atoms with Gasteiger partial charge in [-0.3, -0.25) is 4.79 Å². The van der Waals surface area contributed by atoms with Crippen LogP contribution < -0.4 is 20.7 Å². The zero-order chi connectivity index (χ0) is 18.0. The van der Waals surface area contributed by atoms with Crippen molar-refractivity contribution in [3.63, 3.8) is 0 Å². The van der Waals surface area contributed by atoms with Gasteiger partial charge in [0.05, 0.1) is 23.4 Å². The molecule has 0 spiro atoms. The molecule has 2 aromatic carbocycles. The summed E-state index contributed by atoms with van der Waals surface area (Å²) >= 11 is 6.04. The first-order valence-electron chi connectivity index (χ1n) is 8.27. The van der Waals surface area contributed by atoms with Crippen LogP contribution in [0.4, 0.5) is 11.4 Å². The summed E-state index contributed by atoms with van der Waals surface area (Å²) in [7, 11) is 1.50. The van der Waals surface area contributed by atoms with Gasteiger partial charge in [-0.2, -0.15) is 0 Å². The monoisotopic (exact) mass is 359 g/mol. The Morgan fingerprint density at radius 2 is 2.16 bits per heavy atom. The minimum Gasteiger partial charge on any atom is -0.496 e. The summed E-state index contributed by atoms with van der Waals surface area (Å²) in [5, 5.41) is 3.31. The largest absolute Gasteiger partial charge is 0.496 e. The van der Waals surface area contributed by atoms with Crippen LogP contribution in [0, 0.1) is 0 Å². The number of para-hydroxylation sites is 1. The first-order chi connectivity index (χ1) is 12.0. The number of ether oxygens (including phenoxy) is 1. The maximum absolute atomic E-state index is 12.5. The predicted octanol–water partition coefficient (Wildman–Crippen LogP) is 3.11. The lowest BCUT2D eigenvalue weighted by Crippen LogP contribution is -2.41. The van der Waals surface area contributed by atoms with Gasteiger partial charge in [-0.25, -0.2) is 0 Å². The molecule has 5 nitrogen and oxygen atoms in total. The van der Waals surface area contributed by atoms with Crippen LogP contribution in [0.5, 0.6) is 5.75 Å². The Balaban J connectivity index is 1.68. The normalized spacial score (nSPS) is 14.1. The molecule has 1 amide bonds. The Hall–Kier alpha value is -2.40. The Bertz CT molecular complexity index is 794. The quantitative estimate of drug-likeness (QED) is 0.805. The van der Waals surface area contributed by atoms with E-state index in [1.165, 1.54) is 18.4 Å². The fourth-order valence-electron chi connectivity index (χ4n) is 3.18. The van der Waals surface area contributed by atoms with E-state index in [0.717, 1.165) is 13.0 Å². The summed E-state index contributed by atoms with van der Waals surface area (Å²) in [6.45, 7) is 3.60.